The quantitative estimate of drug-likeness (QED) is 0.792. The van der Waals surface area contributed by atoms with Gasteiger partial charge in [0, 0.05) is 36.7 Å². The number of carbonyl (C=O) groups is 3. The summed E-state index contributed by atoms with van der Waals surface area (Å²) >= 11 is 0. The van der Waals surface area contributed by atoms with Gasteiger partial charge >= 0.3 is 0 Å². The van der Waals surface area contributed by atoms with Crippen LogP contribution in [0.1, 0.15) is 48.9 Å². The van der Waals surface area contributed by atoms with Gasteiger partial charge in [-0.2, -0.15) is 0 Å². The van der Waals surface area contributed by atoms with Crippen molar-refractivity contribution >= 4 is 17.7 Å². The largest absolute Gasteiger partial charge is 0.350 e. The van der Waals surface area contributed by atoms with E-state index in [9.17, 15) is 18.8 Å². The molecule has 1 unspecified atom stereocenters. The Balaban J connectivity index is 1.54. The predicted octanol–water partition coefficient (Wildman–Crippen LogP) is 1.23. The molecule has 1 heterocycles. The van der Waals surface area contributed by atoms with Gasteiger partial charge in [-0.1, -0.05) is 6.07 Å². The fourth-order valence-corrected chi connectivity index (χ4v) is 4.25. The maximum absolute atomic E-state index is 13.6. The van der Waals surface area contributed by atoms with Crippen molar-refractivity contribution < 1.29 is 18.8 Å². The van der Waals surface area contributed by atoms with E-state index in [0.29, 0.717) is 6.54 Å². The highest BCUT2D eigenvalue weighted by Gasteiger charge is 2.46. The van der Waals surface area contributed by atoms with Crippen LogP contribution in [0, 0.1) is 11.7 Å². The van der Waals surface area contributed by atoms with E-state index in [1.54, 1.807) is 0 Å². The van der Waals surface area contributed by atoms with Gasteiger partial charge in [-0.15, -0.1) is 0 Å². The van der Waals surface area contributed by atoms with Crippen molar-refractivity contribution in [3.05, 3.63) is 35.6 Å². The van der Waals surface area contributed by atoms with Crippen LogP contribution in [0.4, 0.5) is 4.39 Å². The summed E-state index contributed by atoms with van der Waals surface area (Å²) in [4.78, 5) is 41.8. The molecular formula is C21H27FN4O3. The Labute approximate surface area is 169 Å². The Morgan fingerprint density at radius 2 is 1.69 bits per heavy atom. The van der Waals surface area contributed by atoms with E-state index in [4.69, 9.17) is 5.73 Å². The number of carbonyl (C=O) groups excluding carboxylic acids is 3. The topological polar surface area (TPSA) is 95.7 Å². The number of nitrogens with two attached hydrogens (primary N) is 1. The summed E-state index contributed by atoms with van der Waals surface area (Å²) < 4.78 is 13.6. The number of amides is 3. The molecule has 29 heavy (non-hydrogen) atoms. The molecule has 0 radical (unpaired) electrons. The van der Waals surface area contributed by atoms with E-state index in [0.717, 1.165) is 44.6 Å². The first-order chi connectivity index (χ1) is 13.9. The highest BCUT2D eigenvalue weighted by Crippen LogP contribution is 2.33. The Morgan fingerprint density at radius 3 is 2.34 bits per heavy atom. The zero-order chi connectivity index (χ0) is 20.5. The molecule has 1 aliphatic heterocycles. The van der Waals surface area contributed by atoms with Gasteiger partial charge in [0.1, 0.15) is 5.82 Å². The molecule has 2 saturated carbocycles. The molecule has 1 aromatic rings. The van der Waals surface area contributed by atoms with Crippen LogP contribution in [-0.2, 0) is 9.59 Å². The zero-order valence-corrected chi connectivity index (χ0v) is 16.4. The third-order valence-corrected chi connectivity index (χ3v) is 6.07. The lowest BCUT2D eigenvalue weighted by Crippen LogP contribution is -2.56. The van der Waals surface area contributed by atoms with Crippen molar-refractivity contribution in [3.8, 4) is 0 Å². The standard InChI is InChI=1S/C21H27FN4O3/c22-15-3-1-2-14(12-15)21(29)26-11-10-25(20(28)13-4-5-13)19(26)18(27)24-17-8-6-16(23)7-9-17/h1-3,12-13,16-17,19H,4-11,23H2,(H,24,27). The second kappa shape index (κ2) is 8.10. The molecule has 3 fully saturated rings. The molecule has 2 aliphatic carbocycles. The van der Waals surface area contributed by atoms with E-state index in [-0.39, 0.29) is 41.9 Å². The molecule has 3 amide bonds. The average Bonchev–Trinajstić information content (AvgIpc) is 3.46. The summed E-state index contributed by atoms with van der Waals surface area (Å²) in [5, 5.41) is 3.02. The number of benzene rings is 1. The monoisotopic (exact) mass is 402 g/mol. The van der Waals surface area contributed by atoms with Crippen LogP contribution < -0.4 is 11.1 Å². The van der Waals surface area contributed by atoms with E-state index in [2.05, 4.69) is 5.32 Å². The lowest BCUT2D eigenvalue weighted by Gasteiger charge is -2.33. The predicted molar refractivity (Wildman–Crippen MR) is 104 cm³/mol. The van der Waals surface area contributed by atoms with Crippen LogP contribution in [0.15, 0.2) is 24.3 Å². The maximum atomic E-state index is 13.6. The minimum Gasteiger partial charge on any atom is -0.350 e. The summed E-state index contributed by atoms with van der Waals surface area (Å²) in [6, 6.07) is 5.56. The van der Waals surface area contributed by atoms with Gasteiger partial charge < -0.3 is 20.9 Å². The number of rotatable bonds is 4. The number of nitrogens with one attached hydrogen (secondary N) is 1. The number of nitrogens with zero attached hydrogens (tertiary/aromatic N) is 2. The average molecular weight is 402 g/mol. The van der Waals surface area contributed by atoms with Crippen LogP contribution in [0.25, 0.3) is 0 Å². The smallest absolute Gasteiger partial charge is 0.264 e. The van der Waals surface area contributed by atoms with Gasteiger partial charge in [0.15, 0.2) is 6.17 Å². The zero-order valence-electron chi connectivity index (χ0n) is 16.4. The molecule has 0 bridgehead atoms. The molecule has 1 aromatic carbocycles. The fourth-order valence-electron chi connectivity index (χ4n) is 4.25. The van der Waals surface area contributed by atoms with Gasteiger partial charge in [-0.05, 0) is 56.7 Å². The van der Waals surface area contributed by atoms with Crippen LogP contribution in [0.2, 0.25) is 0 Å². The SMILES string of the molecule is NC1CCC(NC(=O)C2N(C(=O)c3cccc(F)c3)CCN2C(=O)C2CC2)CC1. The minimum absolute atomic E-state index is 0.00750. The Kier molecular flexibility index (Phi) is 5.54. The fraction of sp³-hybridized carbons (Fsp3) is 0.571. The summed E-state index contributed by atoms with van der Waals surface area (Å²) in [6.07, 6.45) is 3.90. The third-order valence-electron chi connectivity index (χ3n) is 6.07. The highest BCUT2D eigenvalue weighted by atomic mass is 19.1. The van der Waals surface area contributed by atoms with Crippen LogP contribution in [0.5, 0.6) is 0 Å². The van der Waals surface area contributed by atoms with E-state index in [1.807, 2.05) is 0 Å². The Hall–Kier alpha value is -2.48. The molecule has 0 spiro atoms. The van der Waals surface area contributed by atoms with E-state index < -0.39 is 17.9 Å². The van der Waals surface area contributed by atoms with Gasteiger partial charge in [0.2, 0.25) is 5.91 Å². The number of hydrogen-bond donors (Lipinski definition) is 2. The van der Waals surface area contributed by atoms with E-state index in [1.165, 1.54) is 28.0 Å². The highest BCUT2D eigenvalue weighted by molar-refractivity contribution is 5.99. The molecule has 3 N–H and O–H groups in total. The normalized spacial score (nSPS) is 27.0. The molecule has 0 aromatic heterocycles. The molecule has 8 heteroatoms. The first kappa shape index (κ1) is 19.8. The molecule has 1 saturated heterocycles. The van der Waals surface area contributed by atoms with Crippen molar-refractivity contribution in [2.45, 2.75) is 56.8 Å². The molecule has 1 atom stereocenters. The first-order valence-corrected chi connectivity index (χ1v) is 10.4. The third kappa shape index (κ3) is 4.27. The van der Waals surface area contributed by atoms with E-state index >= 15 is 0 Å². The summed E-state index contributed by atoms with van der Waals surface area (Å²) in [5.74, 6) is -1.43. The summed E-state index contributed by atoms with van der Waals surface area (Å²) in [5.41, 5.74) is 6.11. The van der Waals surface area contributed by atoms with Gasteiger partial charge in [-0.25, -0.2) is 4.39 Å². The Morgan fingerprint density at radius 1 is 1.00 bits per heavy atom. The number of hydrogen-bond acceptors (Lipinski definition) is 4. The van der Waals surface area contributed by atoms with Gasteiger partial charge in [0.25, 0.3) is 11.8 Å². The number of halogens is 1. The van der Waals surface area contributed by atoms with Crippen molar-refractivity contribution in [1.82, 2.24) is 15.1 Å². The summed E-state index contributed by atoms with van der Waals surface area (Å²) in [7, 11) is 0. The first-order valence-electron chi connectivity index (χ1n) is 10.4. The van der Waals surface area contributed by atoms with Crippen molar-refractivity contribution in [3.63, 3.8) is 0 Å². The maximum Gasteiger partial charge on any atom is 0.264 e. The summed E-state index contributed by atoms with van der Waals surface area (Å²) in [6.45, 7) is 0.561. The molecule has 3 aliphatic rings. The Bertz CT molecular complexity index is 805. The van der Waals surface area contributed by atoms with Gasteiger partial charge in [0.05, 0.1) is 0 Å². The second-order valence-corrected chi connectivity index (χ2v) is 8.31. The van der Waals surface area contributed by atoms with Crippen molar-refractivity contribution in [2.75, 3.05) is 13.1 Å². The molecular weight excluding hydrogens is 375 g/mol. The van der Waals surface area contributed by atoms with Gasteiger partial charge in [-0.3, -0.25) is 14.4 Å². The van der Waals surface area contributed by atoms with Crippen LogP contribution in [-0.4, -0.2) is 58.9 Å². The molecule has 156 valence electrons. The second-order valence-electron chi connectivity index (χ2n) is 8.31. The van der Waals surface area contributed by atoms with Crippen LogP contribution >= 0.6 is 0 Å². The van der Waals surface area contributed by atoms with Crippen molar-refractivity contribution in [1.29, 1.82) is 0 Å². The molecule has 4 rings (SSSR count). The minimum atomic E-state index is -0.991. The lowest BCUT2D eigenvalue weighted by atomic mass is 9.92. The van der Waals surface area contributed by atoms with Crippen molar-refractivity contribution in [2.24, 2.45) is 11.7 Å². The van der Waals surface area contributed by atoms with Crippen LogP contribution in [0.3, 0.4) is 0 Å². The lowest BCUT2D eigenvalue weighted by molar-refractivity contribution is -0.142. The molecule has 7 nitrogen and oxygen atoms in total.